The van der Waals surface area contributed by atoms with Gasteiger partial charge in [-0.3, -0.25) is 0 Å². The van der Waals surface area contributed by atoms with Gasteiger partial charge in [0.1, 0.15) is 5.75 Å². The van der Waals surface area contributed by atoms with Gasteiger partial charge in [0.05, 0.1) is 0 Å². The standard InChI is InChI=1S/C11H12N2O3S/c12-17(15,16)13-7-8-3-1-5-10-9(8)4-2-6-11(10)14/h1-6,13-14H,7H2,(H2,12,15,16). The van der Waals surface area contributed by atoms with Crippen LogP contribution in [0.2, 0.25) is 0 Å². The highest BCUT2D eigenvalue weighted by Crippen LogP contribution is 2.26. The SMILES string of the molecule is NS(=O)(=O)NCc1cccc2c(O)cccc12. The van der Waals surface area contributed by atoms with E-state index in [2.05, 4.69) is 4.72 Å². The van der Waals surface area contributed by atoms with E-state index < -0.39 is 10.2 Å². The fourth-order valence-electron chi connectivity index (χ4n) is 1.69. The molecule has 0 atom stereocenters. The normalized spacial score (nSPS) is 11.8. The number of hydrogen-bond acceptors (Lipinski definition) is 3. The van der Waals surface area contributed by atoms with Crippen molar-refractivity contribution in [3.05, 3.63) is 42.0 Å². The zero-order valence-electron chi connectivity index (χ0n) is 8.92. The molecule has 0 fully saturated rings. The number of rotatable bonds is 3. The Balaban J connectivity index is 2.45. The Bertz CT molecular complexity index is 653. The first kappa shape index (κ1) is 11.8. The number of phenols is 1. The van der Waals surface area contributed by atoms with E-state index in [1.807, 2.05) is 6.07 Å². The van der Waals surface area contributed by atoms with Crippen molar-refractivity contribution >= 4 is 21.0 Å². The van der Waals surface area contributed by atoms with Crippen LogP contribution in [0, 0.1) is 0 Å². The molecule has 0 aliphatic rings. The molecule has 6 heteroatoms. The van der Waals surface area contributed by atoms with Crippen molar-refractivity contribution in [2.75, 3.05) is 0 Å². The molecule has 0 aliphatic heterocycles. The highest BCUT2D eigenvalue weighted by molar-refractivity contribution is 7.87. The number of nitrogens with one attached hydrogen (secondary N) is 1. The van der Waals surface area contributed by atoms with Crippen molar-refractivity contribution in [2.24, 2.45) is 5.14 Å². The zero-order valence-corrected chi connectivity index (χ0v) is 9.74. The van der Waals surface area contributed by atoms with Gasteiger partial charge >= 0.3 is 0 Å². The minimum absolute atomic E-state index is 0.0969. The maximum Gasteiger partial charge on any atom is 0.274 e. The van der Waals surface area contributed by atoms with Gasteiger partial charge in [-0.15, -0.1) is 0 Å². The van der Waals surface area contributed by atoms with Gasteiger partial charge in [0.2, 0.25) is 0 Å². The van der Waals surface area contributed by atoms with E-state index in [-0.39, 0.29) is 12.3 Å². The summed E-state index contributed by atoms with van der Waals surface area (Å²) in [4.78, 5) is 0. The summed E-state index contributed by atoms with van der Waals surface area (Å²) in [5.74, 6) is 0.167. The van der Waals surface area contributed by atoms with Crippen molar-refractivity contribution in [1.82, 2.24) is 4.72 Å². The van der Waals surface area contributed by atoms with Crippen molar-refractivity contribution in [1.29, 1.82) is 0 Å². The summed E-state index contributed by atoms with van der Waals surface area (Å²) in [6, 6.07) is 10.4. The second-order valence-electron chi connectivity index (χ2n) is 3.66. The lowest BCUT2D eigenvalue weighted by atomic mass is 10.0. The van der Waals surface area contributed by atoms with E-state index in [0.29, 0.717) is 5.39 Å². The third-order valence-electron chi connectivity index (χ3n) is 2.45. The van der Waals surface area contributed by atoms with Gasteiger partial charge in [0.15, 0.2) is 0 Å². The molecule has 0 amide bonds. The van der Waals surface area contributed by atoms with E-state index in [0.717, 1.165) is 10.9 Å². The Kier molecular flexibility index (Phi) is 3.01. The molecule has 0 heterocycles. The molecule has 0 radical (unpaired) electrons. The zero-order chi connectivity index (χ0) is 12.5. The van der Waals surface area contributed by atoms with Crippen molar-refractivity contribution in [3.8, 4) is 5.75 Å². The van der Waals surface area contributed by atoms with Crippen molar-refractivity contribution in [2.45, 2.75) is 6.54 Å². The summed E-state index contributed by atoms with van der Waals surface area (Å²) in [6.45, 7) is 0.0969. The lowest BCUT2D eigenvalue weighted by Gasteiger charge is -2.07. The topological polar surface area (TPSA) is 92.4 Å². The molecule has 0 saturated carbocycles. The summed E-state index contributed by atoms with van der Waals surface area (Å²) in [5.41, 5.74) is 0.757. The Morgan fingerprint density at radius 2 is 1.76 bits per heavy atom. The Morgan fingerprint density at radius 3 is 2.47 bits per heavy atom. The monoisotopic (exact) mass is 252 g/mol. The van der Waals surface area contributed by atoms with Crippen LogP contribution >= 0.6 is 0 Å². The second-order valence-corrected chi connectivity index (χ2v) is 5.03. The Labute approximate surface area is 99.1 Å². The summed E-state index contributed by atoms with van der Waals surface area (Å²) in [7, 11) is -3.71. The number of phenolic OH excluding ortho intramolecular Hbond substituents is 1. The molecule has 0 unspecified atom stereocenters. The van der Waals surface area contributed by atoms with Crippen molar-refractivity contribution in [3.63, 3.8) is 0 Å². The predicted octanol–water partition coefficient (Wildman–Crippen LogP) is 0.839. The first-order valence-electron chi connectivity index (χ1n) is 4.94. The molecule has 0 bridgehead atoms. The van der Waals surface area contributed by atoms with Crippen LogP contribution in [0.15, 0.2) is 36.4 Å². The molecule has 2 aromatic carbocycles. The van der Waals surface area contributed by atoms with Crippen LogP contribution in [-0.4, -0.2) is 13.5 Å². The summed E-state index contributed by atoms with van der Waals surface area (Å²) < 4.78 is 23.9. The molecule has 0 spiro atoms. The maximum atomic E-state index is 10.8. The molecule has 2 aromatic rings. The quantitative estimate of drug-likeness (QED) is 0.755. The minimum Gasteiger partial charge on any atom is -0.507 e. The fourth-order valence-corrected chi connectivity index (χ4v) is 2.05. The van der Waals surface area contributed by atoms with E-state index >= 15 is 0 Å². The van der Waals surface area contributed by atoms with Crippen LogP contribution in [0.1, 0.15) is 5.56 Å². The lowest BCUT2D eigenvalue weighted by molar-refractivity contribution is 0.481. The van der Waals surface area contributed by atoms with E-state index in [9.17, 15) is 13.5 Å². The third kappa shape index (κ3) is 2.73. The number of nitrogens with two attached hydrogens (primary N) is 1. The van der Waals surface area contributed by atoms with Crippen LogP contribution in [0.4, 0.5) is 0 Å². The van der Waals surface area contributed by atoms with Crippen LogP contribution < -0.4 is 9.86 Å². The van der Waals surface area contributed by atoms with Gasteiger partial charge in [-0.25, -0.2) is 5.14 Å². The maximum absolute atomic E-state index is 10.8. The second kappa shape index (κ2) is 4.33. The fraction of sp³-hybridized carbons (Fsp3) is 0.0909. The first-order valence-corrected chi connectivity index (χ1v) is 6.49. The van der Waals surface area contributed by atoms with Gasteiger partial charge in [0.25, 0.3) is 10.2 Å². The highest BCUT2D eigenvalue weighted by atomic mass is 32.2. The molecular formula is C11H12N2O3S. The number of hydrogen-bond donors (Lipinski definition) is 3. The number of aromatic hydroxyl groups is 1. The van der Waals surface area contributed by atoms with Crippen LogP contribution in [0.5, 0.6) is 5.75 Å². The molecule has 90 valence electrons. The predicted molar refractivity (Wildman–Crippen MR) is 65.6 cm³/mol. The minimum atomic E-state index is -3.71. The largest absolute Gasteiger partial charge is 0.507 e. The average Bonchev–Trinajstić information content (AvgIpc) is 2.26. The summed E-state index contributed by atoms with van der Waals surface area (Å²) >= 11 is 0. The lowest BCUT2D eigenvalue weighted by Crippen LogP contribution is -2.30. The van der Waals surface area contributed by atoms with Crippen LogP contribution in [0.25, 0.3) is 10.8 Å². The smallest absolute Gasteiger partial charge is 0.274 e. The van der Waals surface area contributed by atoms with E-state index in [1.165, 1.54) is 0 Å². The highest BCUT2D eigenvalue weighted by Gasteiger charge is 2.06. The molecule has 0 aliphatic carbocycles. The molecule has 4 N–H and O–H groups in total. The van der Waals surface area contributed by atoms with Gasteiger partial charge in [-0.2, -0.15) is 13.1 Å². The van der Waals surface area contributed by atoms with E-state index in [1.54, 1.807) is 30.3 Å². The van der Waals surface area contributed by atoms with Crippen LogP contribution in [-0.2, 0) is 16.8 Å². The van der Waals surface area contributed by atoms with Crippen LogP contribution in [0.3, 0.4) is 0 Å². The Morgan fingerprint density at radius 1 is 1.12 bits per heavy atom. The average molecular weight is 252 g/mol. The van der Waals surface area contributed by atoms with Gasteiger partial charge in [-0.05, 0) is 17.0 Å². The molecule has 5 nitrogen and oxygen atoms in total. The molecule has 0 saturated heterocycles. The molecule has 17 heavy (non-hydrogen) atoms. The Hall–Kier alpha value is -1.63. The van der Waals surface area contributed by atoms with Gasteiger partial charge < -0.3 is 5.11 Å². The van der Waals surface area contributed by atoms with Gasteiger partial charge in [-0.1, -0.05) is 30.3 Å². The number of benzene rings is 2. The summed E-state index contributed by atoms with van der Waals surface area (Å²) in [6.07, 6.45) is 0. The molecule has 0 aromatic heterocycles. The number of fused-ring (bicyclic) bond motifs is 1. The van der Waals surface area contributed by atoms with Gasteiger partial charge in [0, 0.05) is 11.9 Å². The third-order valence-corrected chi connectivity index (χ3v) is 3.00. The first-order chi connectivity index (χ1) is 7.97. The molecular weight excluding hydrogens is 240 g/mol. The van der Waals surface area contributed by atoms with E-state index in [4.69, 9.17) is 5.14 Å². The summed E-state index contributed by atoms with van der Waals surface area (Å²) in [5, 5.41) is 16.0. The molecule has 2 rings (SSSR count). The van der Waals surface area contributed by atoms with Crippen molar-refractivity contribution < 1.29 is 13.5 Å².